The predicted octanol–water partition coefficient (Wildman–Crippen LogP) is 4.50. The van der Waals surface area contributed by atoms with Crippen molar-refractivity contribution in [1.82, 2.24) is 5.16 Å². The molecule has 2 heteroatoms. The highest BCUT2D eigenvalue weighted by atomic mass is 16.5. The van der Waals surface area contributed by atoms with Crippen LogP contribution in [0.2, 0.25) is 0 Å². The van der Waals surface area contributed by atoms with Crippen LogP contribution in [0.4, 0.5) is 0 Å². The number of benzene rings is 1. The van der Waals surface area contributed by atoms with Gasteiger partial charge in [0.25, 0.3) is 0 Å². The molecule has 2 aromatic rings. The molecule has 2 nitrogen and oxygen atoms in total. The van der Waals surface area contributed by atoms with Crippen molar-refractivity contribution >= 4 is 11.0 Å². The van der Waals surface area contributed by atoms with Crippen molar-refractivity contribution in [3.05, 3.63) is 29.0 Å². The highest BCUT2D eigenvalue weighted by Gasteiger charge is 2.29. The van der Waals surface area contributed by atoms with Gasteiger partial charge in [-0.15, -0.1) is 0 Å². The zero-order valence-electron chi connectivity index (χ0n) is 12.6. The van der Waals surface area contributed by atoms with E-state index < -0.39 is 0 Å². The molecule has 0 aliphatic heterocycles. The van der Waals surface area contributed by atoms with E-state index >= 15 is 0 Å². The lowest BCUT2D eigenvalue weighted by molar-refractivity contribution is 0.398. The number of rotatable bonds is 1. The molecule has 0 N–H and O–H groups in total. The summed E-state index contributed by atoms with van der Waals surface area (Å²) >= 11 is 0. The third-order valence-corrected chi connectivity index (χ3v) is 4.44. The summed E-state index contributed by atoms with van der Waals surface area (Å²) in [6.45, 7) is 11.2. The van der Waals surface area contributed by atoms with E-state index in [-0.39, 0.29) is 5.41 Å². The Morgan fingerprint density at radius 2 is 1.95 bits per heavy atom. The van der Waals surface area contributed by atoms with Crippen LogP contribution in [0, 0.1) is 11.8 Å². The Balaban J connectivity index is 2.12. The van der Waals surface area contributed by atoms with Gasteiger partial charge in [-0.25, -0.2) is 0 Å². The molecule has 1 atom stereocenters. The fraction of sp³-hybridized carbons (Fsp3) is 0.588. The first-order chi connectivity index (χ1) is 8.88. The molecule has 0 radical (unpaired) electrons. The van der Waals surface area contributed by atoms with Gasteiger partial charge in [-0.1, -0.05) is 45.8 Å². The van der Waals surface area contributed by atoms with Gasteiger partial charge in [-0.05, 0) is 36.3 Å². The molecule has 0 spiro atoms. The third-order valence-electron chi connectivity index (χ3n) is 4.44. The first-order valence-electron chi connectivity index (χ1n) is 7.28. The molecule has 1 unspecified atom stereocenters. The van der Waals surface area contributed by atoms with Crippen LogP contribution in [0.25, 0.3) is 11.0 Å². The topological polar surface area (TPSA) is 26.0 Å². The maximum absolute atomic E-state index is 5.70. The lowest BCUT2D eigenvalue weighted by Gasteiger charge is -2.14. The van der Waals surface area contributed by atoms with E-state index in [1.165, 1.54) is 22.9 Å². The number of fused-ring (bicyclic) bond motifs is 3. The standard InChI is InChI=1S/C17H23NO/c1-10(2)12-8-11-6-7-13-15(14(11)9-12)19-18-16(13)17(3,4)5/h6-7,10,12H,8-9H2,1-5H3. The highest BCUT2D eigenvalue weighted by Crippen LogP contribution is 2.38. The highest BCUT2D eigenvalue weighted by molar-refractivity contribution is 5.85. The first-order valence-corrected chi connectivity index (χ1v) is 7.28. The van der Waals surface area contributed by atoms with E-state index in [9.17, 15) is 0 Å². The van der Waals surface area contributed by atoms with Crippen LogP contribution in [0.5, 0.6) is 0 Å². The Labute approximate surface area is 115 Å². The van der Waals surface area contributed by atoms with Gasteiger partial charge >= 0.3 is 0 Å². The molecule has 0 fully saturated rings. The van der Waals surface area contributed by atoms with E-state index in [0.29, 0.717) is 0 Å². The molecule has 0 saturated carbocycles. The Hall–Kier alpha value is -1.31. The van der Waals surface area contributed by atoms with E-state index in [1.54, 1.807) is 0 Å². The van der Waals surface area contributed by atoms with Gasteiger partial charge in [0, 0.05) is 16.4 Å². The zero-order chi connectivity index (χ0) is 13.8. The largest absolute Gasteiger partial charge is 0.356 e. The minimum atomic E-state index is 0.0372. The van der Waals surface area contributed by atoms with E-state index in [2.05, 4.69) is 51.9 Å². The van der Waals surface area contributed by atoms with Crippen LogP contribution in [-0.4, -0.2) is 5.16 Å². The van der Waals surface area contributed by atoms with Gasteiger partial charge < -0.3 is 4.52 Å². The molecule has 102 valence electrons. The summed E-state index contributed by atoms with van der Waals surface area (Å²) in [5, 5.41) is 5.54. The van der Waals surface area contributed by atoms with Crippen LogP contribution >= 0.6 is 0 Å². The van der Waals surface area contributed by atoms with Crippen molar-refractivity contribution in [1.29, 1.82) is 0 Å². The van der Waals surface area contributed by atoms with Gasteiger partial charge in [0.05, 0.1) is 5.69 Å². The second kappa shape index (κ2) is 4.09. The summed E-state index contributed by atoms with van der Waals surface area (Å²) in [5.41, 5.74) is 5.01. The average Bonchev–Trinajstić information content (AvgIpc) is 2.90. The van der Waals surface area contributed by atoms with Gasteiger partial charge in [-0.2, -0.15) is 0 Å². The summed E-state index contributed by atoms with van der Waals surface area (Å²) in [6.07, 6.45) is 2.33. The second-order valence-corrected chi connectivity index (χ2v) is 7.27. The number of hydrogen-bond donors (Lipinski definition) is 0. The Bertz CT molecular complexity index is 616. The molecule has 0 amide bonds. The van der Waals surface area contributed by atoms with Crippen molar-refractivity contribution in [2.24, 2.45) is 11.8 Å². The van der Waals surface area contributed by atoms with Crippen molar-refractivity contribution in [3.63, 3.8) is 0 Å². The number of aromatic nitrogens is 1. The molecule has 0 bridgehead atoms. The van der Waals surface area contributed by atoms with E-state index in [0.717, 1.165) is 29.5 Å². The summed E-state index contributed by atoms with van der Waals surface area (Å²) < 4.78 is 5.70. The van der Waals surface area contributed by atoms with Crippen molar-refractivity contribution in [2.45, 2.75) is 52.9 Å². The monoisotopic (exact) mass is 257 g/mol. The maximum atomic E-state index is 5.70. The molecular formula is C17H23NO. The summed E-state index contributed by atoms with van der Waals surface area (Å²) in [4.78, 5) is 0. The lowest BCUT2D eigenvalue weighted by Crippen LogP contribution is -2.11. The summed E-state index contributed by atoms with van der Waals surface area (Å²) in [7, 11) is 0. The number of hydrogen-bond acceptors (Lipinski definition) is 2. The fourth-order valence-corrected chi connectivity index (χ4v) is 3.14. The van der Waals surface area contributed by atoms with E-state index in [4.69, 9.17) is 4.52 Å². The second-order valence-electron chi connectivity index (χ2n) is 7.27. The molecule has 0 saturated heterocycles. The fourth-order valence-electron chi connectivity index (χ4n) is 3.14. The Kier molecular flexibility index (Phi) is 2.74. The van der Waals surface area contributed by atoms with Crippen LogP contribution < -0.4 is 0 Å². The molecule has 1 heterocycles. The van der Waals surface area contributed by atoms with Gasteiger partial charge in [0.1, 0.15) is 0 Å². The molecular weight excluding hydrogens is 234 g/mol. The molecule has 1 aromatic carbocycles. The van der Waals surface area contributed by atoms with Crippen molar-refractivity contribution in [2.75, 3.05) is 0 Å². The number of nitrogens with zero attached hydrogens (tertiary/aromatic N) is 1. The van der Waals surface area contributed by atoms with Crippen LogP contribution in [0.1, 0.15) is 51.4 Å². The minimum absolute atomic E-state index is 0.0372. The minimum Gasteiger partial charge on any atom is -0.356 e. The Morgan fingerprint density at radius 3 is 2.58 bits per heavy atom. The molecule has 1 aliphatic rings. The first kappa shape index (κ1) is 12.7. The maximum Gasteiger partial charge on any atom is 0.170 e. The Morgan fingerprint density at radius 1 is 1.21 bits per heavy atom. The van der Waals surface area contributed by atoms with Crippen molar-refractivity contribution < 1.29 is 4.52 Å². The lowest BCUT2D eigenvalue weighted by atomic mass is 9.89. The quantitative estimate of drug-likeness (QED) is 0.752. The van der Waals surface area contributed by atoms with Crippen LogP contribution in [-0.2, 0) is 18.3 Å². The zero-order valence-corrected chi connectivity index (χ0v) is 12.6. The van der Waals surface area contributed by atoms with Crippen LogP contribution in [0.15, 0.2) is 16.7 Å². The van der Waals surface area contributed by atoms with Gasteiger partial charge in [0.2, 0.25) is 0 Å². The third kappa shape index (κ3) is 1.98. The van der Waals surface area contributed by atoms with Gasteiger partial charge in [-0.3, -0.25) is 0 Å². The van der Waals surface area contributed by atoms with Gasteiger partial charge in [0.15, 0.2) is 5.58 Å². The molecule has 19 heavy (non-hydrogen) atoms. The smallest absolute Gasteiger partial charge is 0.170 e. The predicted molar refractivity (Wildman–Crippen MR) is 78.4 cm³/mol. The average molecular weight is 257 g/mol. The molecule has 3 rings (SSSR count). The molecule has 1 aliphatic carbocycles. The summed E-state index contributed by atoms with van der Waals surface area (Å²) in [5.74, 6) is 1.48. The normalized spacial score (nSPS) is 19.4. The van der Waals surface area contributed by atoms with E-state index in [1.807, 2.05) is 0 Å². The summed E-state index contributed by atoms with van der Waals surface area (Å²) in [6, 6.07) is 4.49. The molecule has 1 aromatic heterocycles. The SMILES string of the molecule is CC(C)C1Cc2ccc3c(C(C)(C)C)noc3c2C1. The van der Waals surface area contributed by atoms with Crippen molar-refractivity contribution in [3.8, 4) is 0 Å². The van der Waals surface area contributed by atoms with Crippen LogP contribution in [0.3, 0.4) is 0 Å².